The Labute approximate surface area is 126 Å². The summed E-state index contributed by atoms with van der Waals surface area (Å²) in [4.78, 5) is 12.1. The summed E-state index contributed by atoms with van der Waals surface area (Å²) in [7, 11) is 1.85. The number of aromatic nitrogens is 3. The first-order chi connectivity index (χ1) is 10.2. The van der Waals surface area contributed by atoms with Gasteiger partial charge in [0.05, 0.1) is 5.75 Å². The third kappa shape index (κ3) is 3.05. The van der Waals surface area contributed by atoms with Gasteiger partial charge >= 0.3 is 0 Å². The number of hydrogen-bond acceptors (Lipinski definition) is 4. The molecule has 0 aliphatic heterocycles. The Morgan fingerprint density at radius 1 is 1.24 bits per heavy atom. The lowest BCUT2D eigenvalue weighted by Gasteiger charge is -2.08. The second kappa shape index (κ2) is 5.97. The van der Waals surface area contributed by atoms with Gasteiger partial charge in [-0.1, -0.05) is 48.2 Å². The molecule has 0 spiro atoms. The van der Waals surface area contributed by atoms with Crippen LogP contribution in [-0.4, -0.2) is 26.4 Å². The van der Waals surface area contributed by atoms with Gasteiger partial charge in [0.15, 0.2) is 5.16 Å². The Kier molecular flexibility index (Phi) is 3.87. The van der Waals surface area contributed by atoms with Gasteiger partial charge < -0.3 is 9.88 Å². The maximum absolute atomic E-state index is 12.1. The van der Waals surface area contributed by atoms with Crippen molar-refractivity contribution in [2.24, 2.45) is 7.05 Å². The highest BCUT2D eigenvalue weighted by atomic mass is 32.2. The maximum Gasteiger partial charge on any atom is 0.234 e. The highest BCUT2D eigenvalue weighted by Crippen LogP contribution is 2.23. The molecule has 0 saturated heterocycles. The Hall–Kier alpha value is -2.34. The number of fused-ring (bicyclic) bond motifs is 1. The molecule has 1 heterocycles. The number of benzene rings is 2. The fourth-order valence-corrected chi connectivity index (χ4v) is 2.74. The number of nitrogens with one attached hydrogen (secondary N) is 1. The van der Waals surface area contributed by atoms with Crippen molar-refractivity contribution in [2.75, 3.05) is 11.1 Å². The third-order valence-corrected chi connectivity index (χ3v) is 4.10. The molecule has 21 heavy (non-hydrogen) atoms. The van der Waals surface area contributed by atoms with Crippen molar-refractivity contribution in [1.82, 2.24) is 14.8 Å². The number of hydrogen-bond donors (Lipinski definition) is 1. The molecule has 1 amide bonds. The van der Waals surface area contributed by atoms with Gasteiger partial charge in [0.2, 0.25) is 5.91 Å². The van der Waals surface area contributed by atoms with Crippen LogP contribution in [0.25, 0.3) is 10.8 Å². The molecule has 1 aromatic heterocycles. The fraction of sp³-hybridized carbons (Fsp3) is 0.133. The Morgan fingerprint density at radius 3 is 2.86 bits per heavy atom. The van der Waals surface area contributed by atoms with Crippen molar-refractivity contribution in [2.45, 2.75) is 5.16 Å². The lowest BCUT2D eigenvalue weighted by Crippen LogP contribution is -2.14. The van der Waals surface area contributed by atoms with Crippen LogP contribution in [0.1, 0.15) is 0 Å². The number of nitrogens with zero attached hydrogens (tertiary/aromatic N) is 3. The summed E-state index contributed by atoms with van der Waals surface area (Å²) in [5.41, 5.74) is 0.830. The quantitative estimate of drug-likeness (QED) is 0.752. The molecular weight excluding hydrogens is 284 g/mol. The predicted octanol–water partition coefficient (Wildman–Crippen LogP) is 2.70. The van der Waals surface area contributed by atoms with E-state index in [1.165, 1.54) is 11.8 Å². The van der Waals surface area contributed by atoms with Gasteiger partial charge in [-0.25, -0.2) is 0 Å². The van der Waals surface area contributed by atoms with Gasteiger partial charge in [0, 0.05) is 18.1 Å². The van der Waals surface area contributed by atoms with E-state index >= 15 is 0 Å². The monoisotopic (exact) mass is 298 g/mol. The molecule has 0 aliphatic rings. The molecule has 3 aromatic rings. The van der Waals surface area contributed by atoms with Crippen LogP contribution >= 0.6 is 11.8 Å². The Bertz CT molecular complexity index is 779. The van der Waals surface area contributed by atoms with Gasteiger partial charge in [-0.05, 0) is 11.5 Å². The summed E-state index contributed by atoms with van der Waals surface area (Å²) in [6.45, 7) is 0. The first kappa shape index (κ1) is 13.6. The molecule has 0 fully saturated rings. The van der Waals surface area contributed by atoms with Crippen molar-refractivity contribution in [3.8, 4) is 0 Å². The number of carbonyl (C=O) groups is 1. The largest absolute Gasteiger partial charge is 0.325 e. The summed E-state index contributed by atoms with van der Waals surface area (Å²) < 4.78 is 1.79. The number of thioether (sulfide) groups is 1. The van der Waals surface area contributed by atoms with E-state index < -0.39 is 0 Å². The topological polar surface area (TPSA) is 59.8 Å². The molecule has 106 valence electrons. The average Bonchev–Trinajstić information content (AvgIpc) is 2.91. The Balaban J connectivity index is 1.70. The lowest BCUT2D eigenvalue weighted by molar-refractivity contribution is -0.113. The minimum absolute atomic E-state index is 0.0562. The van der Waals surface area contributed by atoms with E-state index in [1.807, 2.05) is 49.5 Å². The van der Waals surface area contributed by atoms with Gasteiger partial charge in [-0.2, -0.15) is 0 Å². The van der Waals surface area contributed by atoms with Crippen LogP contribution < -0.4 is 5.32 Å². The minimum atomic E-state index is -0.0562. The smallest absolute Gasteiger partial charge is 0.234 e. The van der Waals surface area contributed by atoms with Crippen molar-refractivity contribution >= 4 is 34.1 Å². The van der Waals surface area contributed by atoms with Crippen LogP contribution in [0.3, 0.4) is 0 Å². The number of anilines is 1. The number of amides is 1. The number of aryl methyl sites for hydroxylation is 1. The van der Waals surface area contributed by atoms with E-state index in [4.69, 9.17) is 0 Å². The molecule has 6 heteroatoms. The molecule has 0 radical (unpaired) electrons. The molecule has 0 aliphatic carbocycles. The van der Waals surface area contributed by atoms with Crippen molar-refractivity contribution in [3.63, 3.8) is 0 Å². The summed E-state index contributed by atoms with van der Waals surface area (Å²) in [5, 5.41) is 13.5. The van der Waals surface area contributed by atoms with E-state index in [0.29, 0.717) is 5.75 Å². The molecular formula is C15H14N4OS. The molecule has 5 nitrogen and oxygen atoms in total. The zero-order valence-electron chi connectivity index (χ0n) is 11.5. The van der Waals surface area contributed by atoms with Gasteiger partial charge in [-0.3, -0.25) is 4.79 Å². The second-order valence-electron chi connectivity index (χ2n) is 4.59. The van der Waals surface area contributed by atoms with Crippen LogP contribution in [0.2, 0.25) is 0 Å². The molecule has 2 aromatic carbocycles. The summed E-state index contributed by atoms with van der Waals surface area (Å²) in [6, 6.07) is 13.9. The summed E-state index contributed by atoms with van der Waals surface area (Å²) >= 11 is 1.36. The first-order valence-electron chi connectivity index (χ1n) is 6.48. The van der Waals surface area contributed by atoms with E-state index in [2.05, 4.69) is 15.5 Å². The predicted molar refractivity (Wildman–Crippen MR) is 84.3 cm³/mol. The summed E-state index contributed by atoms with van der Waals surface area (Å²) in [6.07, 6.45) is 1.62. The maximum atomic E-state index is 12.1. The summed E-state index contributed by atoms with van der Waals surface area (Å²) in [5.74, 6) is 0.245. The highest BCUT2D eigenvalue weighted by molar-refractivity contribution is 7.99. The molecule has 1 N–H and O–H groups in total. The fourth-order valence-electron chi connectivity index (χ4n) is 2.05. The Morgan fingerprint density at radius 2 is 2.05 bits per heavy atom. The zero-order valence-corrected chi connectivity index (χ0v) is 12.3. The molecule has 0 unspecified atom stereocenters. The third-order valence-electron chi connectivity index (χ3n) is 3.07. The SMILES string of the molecule is Cn1cnnc1SCC(=O)Nc1cccc2ccccc12. The molecule has 3 rings (SSSR count). The van der Waals surface area contributed by atoms with Crippen molar-refractivity contribution in [3.05, 3.63) is 48.8 Å². The number of rotatable bonds is 4. The highest BCUT2D eigenvalue weighted by Gasteiger charge is 2.08. The second-order valence-corrected chi connectivity index (χ2v) is 5.53. The van der Waals surface area contributed by atoms with Crippen molar-refractivity contribution < 1.29 is 4.79 Å². The van der Waals surface area contributed by atoms with Crippen LogP contribution in [0.15, 0.2) is 53.9 Å². The van der Waals surface area contributed by atoms with E-state index in [1.54, 1.807) is 10.9 Å². The van der Waals surface area contributed by atoms with Crippen molar-refractivity contribution in [1.29, 1.82) is 0 Å². The van der Waals surface area contributed by atoms with Gasteiger partial charge in [0.1, 0.15) is 6.33 Å². The van der Waals surface area contributed by atoms with Gasteiger partial charge in [-0.15, -0.1) is 10.2 Å². The van der Waals surface area contributed by atoms with E-state index in [-0.39, 0.29) is 5.91 Å². The molecule has 0 bridgehead atoms. The van der Waals surface area contributed by atoms with E-state index in [0.717, 1.165) is 21.6 Å². The van der Waals surface area contributed by atoms with E-state index in [9.17, 15) is 4.79 Å². The first-order valence-corrected chi connectivity index (χ1v) is 7.47. The van der Waals surface area contributed by atoms with Crippen LogP contribution in [0, 0.1) is 0 Å². The number of carbonyl (C=O) groups excluding carboxylic acids is 1. The van der Waals surface area contributed by atoms with Crippen LogP contribution in [0.5, 0.6) is 0 Å². The molecule has 0 saturated carbocycles. The van der Waals surface area contributed by atoms with Crippen LogP contribution in [-0.2, 0) is 11.8 Å². The minimum Gasteiger partial charge on any atom is -0.325 e. The normalized spacial score (nSPS) is 10.7. The standard InChI is InChI=1S/C15H14N4OS/c1-19-10-16-18-15(19)21-9-14(20)17-13-8-4-6-11-5-2-3-7-12(11)13/h2-8,10H,9H2,1H3,(H,17,20). The zero-order chi connectivity index (χ0) is 14.7. The van der Waals surface area contributed by atoms with Gasteiger partial charge in [0.25, 0.3) is 0 Å². The van der Waals surface area contributed by atoms with Crippen LogP contribution in [0.4, 0.5) is 5.69 Å². The molecule has 0 atom stereocenters. The average molecular weight is 298 g/mol. The lowest BCUT2D eigenvalue weighted by atomic mass is 10.1.